The van der Waals surface area contributed by atoms with Gasteiger partial charge in [-0.25, -0.2) is 17.2 Å². The number of halogens is 3. The van der Waals surface area contributed by atoms with Crippen molar-refractivity contribution in [3.63, 3.8) is 0 Å². The molecule has 0 radical (unpaired) electrons. The first-order valence-electron chi connectivity index (χ1n) is 9.16. The van der Waals surface area contributed by atoms with Crippen LogP contribution in [0.2, 0.25) is 0 Å². The van der Waals surface area contributed by atoms with Crippen LogP contribution < -0.4 is 9.47 Å². The van der Waals surface area contributed by atoms with Crippen LogP contribution in [-0.4, -0.2) is 64.4 Å². The number of benzene rings is 1. The van der Waals surface area contributed by atoms with Gasteiger partial charge in [-0.05, 0) is 32.0 Å². The van der Waals surface area contributed by atoms with Crippen LogP contribution in [-0.2, 0) is 19.6 Å². The quantitative estimate of drug-likeness (QED) is 0.442. The van der Waals surface area contributed by atoms with Crippen LogP contribution in [0.15, 0.2) is 18.2 Å². The normalized spacial score (nSPS) is 17.3. The van der Waals surface area contributed by atoms with Gasteiger partial charge in [-0.15, -0.1) is 0 Å². The van der Waals surface area contributed by atoms with E-state index in [1.54, 1.807) is 18.2 Å². The van der Waals surface area contributed by atoms with E-state index < -0.39 is 47.8 Å². The summed E-state index contributed by atoms with van der Waals surface area (Å²) in [6.07, 6.45) is 1.67. The van der Waals surface area contributed by atoms with E-state index in [1.165, 1.54) is 7.11 Å². The average molecular weight is 455 g/mol. The number of carbonyl (C=O) groups is 1. The zero-order chi connectivity index (χ0) is 22.9. The molecule has 0 amide bonds. The maximum atomic E-state index is 12.4. The number of fused-ring (bicyclic) bond motifs is 1. The SMILES string of the molecule is COC(=O)CN(C1CC(C)(C)Oc2ccc(OCCCF)cc21)S(C)(=O)=O.FCF. The lowest BCUT2D eigenvalue weighted by Gasteiger charge is -2.41. The number of methoxy groups -OCH3 is 1. The van der Waals surface area contributed by atoms with Crippen LogP contribution >= 0.6 is 0 Å². The molecule has 1 aliphatic rings. The summed E-state index contributed by atoms with van der Waals surface area (Å²) in [5.41, 5.74) is -0.0331. The summed E-state index contributed by atoms with van der Waals surface area (Å²) >= 11 is 0. The molecule has 172 valence electrons. The number of hydrogen-bond acceptors (Lipinski definition) is 6. The third kappa shape index (κ3) is 7.67. The summed E-state index contributed by atoms with van der Waals surface area (Å²) < 4.78 is 73.6. The fourth-order valence-electron chi connectivity index (χ4n) is 3.04. The number of sulfonamides is 1. The van der Waals surface area contributed by atoms with Crippen molar-refractivity contribution in [3.05, 3.63) is 23.8 Å². The van der Waals surface area contributed by atoms with Crippen LogP contribution in [0.1, 0.15) is 38.3 Å². The molecule has 0 N–H and O–H groups in total. The second-order valence-corrected chi connectivity index (χ2v) is 9.09. The second kappa shape index (κ2) is 11.4. The zero-order valence-corrected chi connectivity index (χ0v) is 18.3. The van der Waals surface area contributed by atoms with Gasteiger partial charge in [0.2, 0.25) is 17.0 Å². The Morgan fingerprint density at radius 1 is 1.30 bits per heavy atom. The van der Waals surface area contributed by atoms with Crippen molar-refractivity contribution in [2.75, 3.05) is 40.1 Å². The van der Waals surface area contributed by atoms with Crippen LogP contribution in [0.4, 0.5) is 13.2 Å². The minimum atomic E-state index is -3.71. The van der Waals surface area contributed by atoms with E-state index in [2.05, 4.69) is 4.74 Å². The molecule has 1 aromatic rings. The molecule has 0 bridgehead atoms. The zero-order valence-electron chi connectivity index (χ0n) is 17.5. The first kappa shape index (κ1) is 26.0. The van der Waals surface area contributed by atoms with Crippen molar-refractivity contribution in [3.8, 4) is 11.5 Å². The first-order valence-corrected chi connectivity index (χ1v) is 11.0. The van der Waals surface area contributed by atoms with Gasteiger partial charge in [0, 0.05) is 18.4 Å². The van der Waals surface area contributed by atoms with E-state index in [1.807, 2.05) is 13.8 Å². The smallest absolute Gasteiger partial charge is 0.321 e. The van der Waals surface area contributed by atoms with Crippen molar-refractivity contribution >= 4 is 16.0 Å². The van der Waals surface area contributed by atoms with Crippen molar-refractivity contribution < 1.29 is 40.6 Å². The largest absolute Gasteiger partial charge is 0.493 e. The van der Waals surface area contributed by atoms with E-state index in [4.69, 9.17) is 9.47 Å². The predicted octanol–water partition coefficient (Wildman–Crippen LogP) is 3.34. The molecule has 0 spiro atoms. The number of hydrogen-bond donors (Lipinski definition) is 0. The van der Waals surface area contributed by atoms with Gasteiger partial charge in [-0.3, -0.25) is 9.18 Å². The van der Waals surface area contributed by atoms with E-state index in [-0.39, 0.29) is 13.0 Å². The fraction of sp³-hybridized carbons (Fsp3) is 0.632. The Labute approximate surface area is 175 Å². The summed E-state index contributed by atoms with van der Waals surface area (Å²) in [5, 5.41) is 0. The Morgan fingerprint density at radius 3 is 2.47 bits per heavy atom. The molecule has 0 saturated heterocycles. The fourth-order valence-corrected chi connectivity index (χ4v) is 4.03. The number of ether oxygens (including phenoxy) is 3. The molecular formula is C19H28F3NO6S. The molecule has 1 atom stereocenters. The van der Waals surface area contributed by atoms with Gasteiger partial charge in [0.25, 0.3) is 0 Å². The Morgan fingerprint density at radius 2 is 1.93 bits per heavy atom. The highest BCUT2D eigenvalue weighted by atomic mass is 32.2. The standard InChI is InChI=1S/C18H26FNO6S.CH2F2/c1-18(2)11-15(20(27(4,22)23)12-17(21)24-3)14-10-13(25-9-5-8-19)6-7-16(14)26-18;2-1-3/h6-7,10,15H,5,8-9,11-12H2,1-4H3;1H2. The van der Waals surface area contributed by atoms with Gasteiger partial charge < -0.3 is 14.2 Å². The van der Waals surface area contributed by atoms with E-state index in [9.17, 15) is 26.4 Å². The van der Waals surface area contributed by atoms with Crippen molar-refractivity contribution in [2.24, 2.45) is 0 Å². The number of esters is 1. The summed E-state index contributed by atoms with van der Waals surface area (Å²) in [5.74, 6) is 0.358. The first-order chi connectivity index (χ1) is 14.0. The maximum absolute atomic E-state index is 12.4. The minimum Gasteiger partial charge on any atom is -0.493 e. The Kier molecular flexibility index (Phi) is 9.89. The number of alkyl halides is 3. The molecule has 1 heterocycles. The molecule has 0 fully saturated rings. The van der Waals surface area contributed by atoms with Crippen LogP contribution in [0, 0.1) is 0 Å². The minimum absolute atomic E-state index is 0.213. The van der Waals surface area contributed by atoms with Crippen molar-refractivity contribution in [1.82, 2.24) is 4.31 Å². The van der Waals surface area contributed by atoms with Crippen LogP contribution in [0.3, 0.4) is 0 Å². The Bertz CT molecular complexity index is 803. The molecule has 11 heteroatoms. The van der Waals surface area contributed by atoms with E-state index in [0.717, 1.165) is 10.6 Å². The molecule has 30 heavy (non-hydrogen) atoms. The average Bonchev–Trinajstić information content (AvgIpc) is 2.65. The summed E-state index contributed by atoms with van der Waals surface area (Å²) in [6.45, 7) is 1.29. The van der Waals surface area contributed by atoms with Gasteiger partial charge in [-0.2, -0.15) is 4.31 Å². The molecule has 0 saturated carbocycles. The molecule has 1 aromatic carbocycles. The molecule has 1 aliphatic heterocycles. The third-order valence-corrected chi connectivity index (χ3v) is 5.48. The lowest BCUT2D eigenvalue weighted by atomic mass is 9.89. The lowest BCUT2D eigenvalue weighted by molar-refractivity contribution is -0.141. The van der Waals surface area contributed by atoms with Crippen LogP contribution in [0.25, 0.3) is 0 Å². The van der Waals surface area contributed by atoms with Gasteiger partial charge >= 0.3 is 5.97 Å². The highest BCUT2D eigenvalue weighted by Crippen LogP contribution is 2.44. The number of rotatable bonds is 8. The highest BCUT2D eigenvalue weighted by Gasteiger charge is 2.41. The highest BCUT2D eigenvalue weighted by molar-refractivity contribution is 7.88. The van der Waals surface area contributed by atoms with E-state index >= 15 is 0 Å². The topological polar surface area (TPSA) is 82.1 Å². The summed E-state index contributed by atoms with van der Waals surface area (Å²) in [6, 6.07) is 4.46. The van der Waals surface area contributed by atoms with Crippen molar-refractivity contribution in [2.45, 2.75) is 38.3 Å². The molecule has 0 aliphatic carbocycles. The summed E-state index contributed by atoms with van der Waals surface area (Å²) in [7, 11) is -2.50. The molecule has 1 unspecified atom stereocenters. The predicted molar refractivity (Wildman–Crippen MR) is 105 cm³/mol. The molecule has 7 nitrogen and oxygen atoms in total. The Hall–Kier alpha value is -2.01. The van der Waals surface area contributed by atoms with Gasteiger partial charge in [0.15, 0.2) is 0 Å². The van der Waals surface area contributed by atoms with Gasteiger partial charge in [-0.1, -0.05) is 0 Å². The van der Waals surface area contributed by atoms with Gasteiger partial charge in [0.05, 0.1) is 32.7 Å². The molecule has 2 rings (SSSR count). The lowest BCUT2D eigenvalue weighted by Crippen LogP contribution is -2.45. The Balaban J connectivity index is 0.00000141. The third-order valence-electron chi connectivity index (χ3n) is 4.24. The number of nitrogens with zero attached hydrogens (tertiary/aromatic N) is 1. The van der Waals surface area contributed by atoms with Gasteiger partial charge in [0.1, 0.15) is 23.6 Å². The van der Waals surface area contributed by atoms with Crippen molar-refractivity contribution in [1.29, 1.82) is 0 Å². The monoisotopic (exact) mass is 455 g/mol. The second-order valence-electron chi connectivity index (χ2n) is 7.16. The summed E-state index contributed by atoms with van der Waals surface area (Å²) in [4.78, 5) is 11.8. The van der Waals surface area contributed by atoms with Crippen LogP contribution in [0.5, 0.6) is 11.5 Å². The molecular weight excluding hydrogens is 427 g/mol. The maximum Gasteiger partial charge on any atom is 0.321 e. The number of carbonyl (C=O) groups excluding carboxylic acids is 1. The molecule has 0 aromatic heterocycles. The van der Waals surface area contributed by atoms with E-state index in [0.29, 0.717) is 23.5 Å².